The van der Waals surface area contributed by atoms with E-state index in [0.29, 0.717) is 43.1 Å². The molecule has 1 aliphatic carbocycles. The Morgan fingerprint density at radius 3 is 2.58 bits per heavy atom. The predicted molar refractivity (Wildman–Crippen MR) is 148 cm³/mol. The summed E-state index contributed by atoms with van der Waals surface area (Å²) in [6.45, 7) is 0.497. The zero-order chi connectivity index (χ0) is 31.9. The topological polar surface area (TPSA) is 128 Å². The Morgan fingerprint density at radius 1 is 1.18 bits per heavy atom. The highest BCUT2D eigenvalue weighted by Gasteiger charge is 2.45. The average Bonchev–Trinajstić information content (AvgIpc) is 3.62. The average molecular weight is 639 g/mol. The van der Waals surface area contributed by atoms with Gasteiger partial charge in [0.15, 0.2) is 0 Å². The van der Waals surface area contributed by atoms with Crippen molar-refractivity contribution >= 4 is 17.6 Å². The third-order valence-corrected chi connectivity index (χ3v) is 9.30. The first-order chi connectivity index (χ1) is 21.4. The summed E-state index contributed by atoms with van der Waals surface area (Å²) in [5.74, 6) is -6.53. The summed E-state index contributed by atoms with van der Waals surface area (Å²) in [5.41, 5.74) is 1.61. The van der Waals surface area contributed by atoms with Crippen LogP contribution in [0.5, 0.6) is 0 Å². The van der Waals surface area contributed by atoms with Crippen molar-refractivity contribution in [1.29, 1.82) is 0 Å². The Labute approximate surface area is 255 Å². The van der Waals surface area contributed by atoms with Gasteiger partial charge >= 0.3 is 6.18 Å². The van der Waals surface area contributed by atoms with Crippen LogP contribution in [0.2, 0.25) is 0 Å². The summed E-state index contributed by atoms with van der Waals surface area (Å²) < 4.78 is 77.1. The maximum absolute atomic E-state index is 14.1. The first kappa shape index (κ1) is 31.3. The third kappa shape index (κ3) is 6.79. The molecular formula is C29H35F5N8O3. The van der Waals surface area contributed by atoms with Gasteiger partial charge in [0.2, 0.25) is 11.8 Å². The van der Waals surface area contributed by atoms with Crippen molar-refractivity contribution < 1.29 is 36.3 Å². The lowest BCUT2D eigenvalue weighted by Crippen LogP contribution is -2.47. The molecule has 0 radical (unpaired) electrons. The molecule has 2 saturated heterocycles. The second-order valence-corrected chi connectivity index (χ2v) is 12.3. The summed E-state index contributed by atoms with van der Waals surface area (Å²) >= 11 is 0. The van der Waals surface area contributed by atoms with Gasteiger partial charge in [-0.1, -0.05) is 0 Å². The molecule has 244 valence electrons. The molecule has 0 spiro atoms. The number of halogens is 5. The van der Waals surface area contributed by atoms with Crippen LogP contribution in [0.25, 0.3) is 5.78 Å². The van der Waals surface area contributed by atoms with E-state index in [1.807, 2.05) is 0 Å². The number of alkyl halides is 5. The number of rotatable bonds is 7. The quantitative estimate of drug-likeness (QED) is 0.376. The Morgan fingerprint density at radius 2 is 1.91 bits per heavy atom. The smallest absolute Gasteiger partial charge is 0.381 e. The van der Waals surface area contributed by atoms with Crippen molar-refractivity contribution in [2.45, 2.75) is 75.4 Å². The number of nitrogens with zero attached hydrogens (tertiary/aromatic N) is 6. The molecule has 16 heteroatoms. The second kappa shape index (κ2) is 12.2. The molecule has 0 aromatic carbocycles. The highest BCUT2D eigenvalue weighted by atomic mass is 19.4. The monoisotopic (exact) mass is 638 g/mol. The number of aryl methyl sites for hydroxylation is 1. The number of ether oxygens (including phenoxy) is 1. The molecule has 0 unspecified atom stereocenters. The van der Waals surface area contributed by atoms with Crippen LogP contribution in [0.3, 0.4) is 0 Å². The van der Waals surface area contributed by atoms with E-state index in [0.717, 1.165) is 0 Å². The summed E-state index contributed by atoms with van der Waals surface area (Å²) in [7, 11) is 1.62. The maximum atomic E-state index is 14.1. The minimum absolute atomic E-state index is 0.0417. The van der Waals surface area contributed by atoms with Crippen LogP contribution in [0.4, 0.5) is 22.0 Å². The number of nitrogens with one attached hydrogen (secondary N) is 2. The van der Waals surface area contributed by atoms with Gasteiger partial charge in [-0.2, -0.15) is 23.4 Å². The van der Waals surface area contributed by atoms with Gasteiger partial charge in [0, 0.05) is 64.1 Å². The number of fused-ring (bicyclic) bond motifs is 1. The first-order valence-electron chi connectivity index (χ1n) is 15.2. The van der Waals surface area contributed by atoms with Crippen molar-refractivity contribution in [3.05, 3.63) is 41.2 Å². The molecule has 2 N–H and O–H groups in total. The van der Waals surface area contributed by atoms with E-state index < -0.39 is 48.3 Å². The number of aromatic nitrogens is 6. The number of carbonyl (C=O) groups excluding carboxylic acids is 2. The molecule has 5 heterocycles. The summed E-state index contributed by atoms with van der Waals surface area (Å²) in [5, 5.41) is 14.1. The van der Waals surface area contributed by atoms with Gasteiger partial charge in [0.25, 0.3) is 11.7 Å². The van der Waals surface area contributed by atoms with Crippen molar-refractivity contribution in [1.82, 2.24) is 40.0 Å². The Bertz CT molecular complexity index is 1540. The Balaban J connectivity index is 1.35. The minimum atomic E-state index is -4.44. The van der Waals surface area contributed by atoms with Crippen molar-refractivity contribution in [2.24, 2.45) is 24.8 Å². The molecule has 2 aliphatic heterocycles. The van der Waals surface area contributed by atoms with E-state index >= 15 is 0 Å². The molecule has 2 amide bonds. The van der Waals surface area contributed by atoms with Gasteiger partial charge in [-0.3, -0.25) is 14.3 Å². The minimum Gasteiger partial charge on any atom is -0.381 e. The highest BCUT2D eigenvalue weighted by molar-refractivity contribution is 5.92. The fraction of sp³-hybridized carbons (Fsp3) is 0.655. The molecule has 3 aromatic heterocycles. The van der Waals surface area contributed by atoms with E-state index in [-0.39, 0.29) is 61.8 Å². The number of carbonyl (C=O) groups is 2. The lowest BCUT2D eigenvalue weighted by atomic mass is 9.81. The van der Waals surface area contributed by atoms with Crippen LogP contribution in [-0.4, -0.2) is 73.0 Å². The van der Waals surface area contributed by atoms with Crippen LogP contribution >= 0.6 is 0 Å². The van der Waals surface area contributed by atoms with E-state index in [2.05, 4.69) is 20.7 Å². The molecule has 45 heavy (non-hydrogen) atoms. The number of amides is 2. The lowest BCUT2D eigenvalue weighted by molar-refractivity contribution is -0.183. The van der Waals surface area contributed by atoms with Crippen LogP contribution in [0.15, 0.2) is 18.5 Å². The van der Waals surface area contributed by atoms with Crippen molar-refractivity contribution in [2.75, 3.05) is 19.8 Å². The molecule has 3 aromatic rings. The molecule has 6 rings (SSSR count). The van der Waals surface area contributed by atoms with Gasteiger partial charge in [0.1, 0.15) is 5.69 Å². The van der Waals surface area contributed by atoms with Crippen LogP contribution in [0, 0.1) is 17.8 Å². The molecule has 0 bridgehead atoms. The molecule has 3 atom stereocenters. The van der Waals surface area contributed by atoms with E-state index in [4.69, 9.17) is 14.8 Å². The SMILES string of the molecule is Cn1nccc1C(=O)N[C@H](c1cn2nc(C[C@H]3C[C@@H](C(F)(F)F)CNC3=O)c(C3CCOCC3)nc2n1)C1CCC(F)(F)CC1. The predicted octanol–water partition coefficient (Wildman–Crippen LogP) is 3.91. The van der Waals surface area contributed by atoms with Crippen molar-refractivity contribution in [3.8, 4) is 0 Å². The lowest BCUT2D eigenvalue weighted by Gasteiger charge is -2.33. The molecular weight excluding hydrogens is 603 g/mol. The van der Waals surface area contributed by atoms with Crippen molar-refractivity contribution in [3.63, 3.8) is 0 Å². The Hall–Kier alpha value is -3.69. The van der Waals surface area contributed by atoms with Crippen LogP contribution in [0.1, 0.15) is 84.5 Å². The highest BCUT2D eigenvalue weighted by Crippen LogP contribution is 2.42. The number of hydrogen-bond acceptors (Lipinski definition) is 7. The largest absolute Gasteiger partial charge is 0.393 e. The normalized spacial score (nSPS) is 24.0. The molecule has 3 aliphatic rings. The fourth-order valence-electron chi connectivity index (χ4n) is 6.68. The summed E-state index contributed by atoms with van der Waals surface area (Å²) in [6.07, 6.45) is -0.872. The van der Waals surface area contributed by atoms with Gasteiger partial charge in [-0.25, -0.2) is 23.3 Å². The van der Waals surface area contributed by atoms with Crippen LogP contribution in [-0.2, 0) is 23.0 Å². The Kier molecular flexibility index (Phi) is 8.52. The zero-order valence-corrected chi connectivity index (χ0v) is 24.7. The first-order valence-corrected chi connectivity index (χ1v) is 15.2. The third-order valence-electron chi connectivity index (χ3n) is 9.30. The van der Waals surface area contributed by atoms with E-state index in [1.165, 1.54) is 15.4 Å². The van der Waals surface area contributed by atoms with Gasteiger partial charge in [-0.05, 0) is 44.1 Å². The molecule has 1 saturated carbocycles. The maximum Gasteiger partial charge on any atom is 0.393 e. The van der Waals surface area contributed by atoms with Gasteiger partial charge < -0.3 is 15.4 Å². The number of piperidine rings is 1. The summed E-state index contributed by atoms with van der Waals surface area (Å²) in [6, 6.07) is 0.810. The number of hydrogen-bond donors (Lipinski definition) is 2. The molecule has 11 nitrogen and oxygen atoms in total. The zero-order valence-electron chi connectivity index (χ0n) is 24.7. The van der Waals surface area contributed by atoms with E-state index in [9.17, 15) is 31.5 Å². The standard InChI is InChI=1S/C29H35F5N8O3/c1-41-22(4-9-36-41)26(44)38-24(16-2-7-28(30,31)8-3-16)21-15-42-27(37-21)39-23(17-5-10-45-11-6-17)20(40-42)13-18-12-19(29(32,33)34)14-35-25(18)43/h4,9,15-19,24H,2-3,5-8,10-14H2,1H3,(H,35,43)(H,38,44)/t18-,19-,24+/m1/s1. The van der Waals surface area contributed by atoms with Crippen LogP contribution < -0.4 is 10.6 Å². The fourth-order valence-corrected chi connectivity index (χ4v) is 6.68. The summed E-state index contributed by atoms with van der Waals surface area (Å²) in [4.78, 5) is 35.4. The second-order valence-electron chi connectivity index (χ2n) is 12.3. The van der Waals surface area contributed by atoms with Gasteiger partial charge in [-0.15, -0.1) is 0 Å². The van der Waals surface area contributed by atoms with Gasteiger partial charge in [0.05, 0.1) is 35.2 Å². The molecule has 3 fully saturated rings. The van der Waals surface area contributed by atoms with E-state index in [1.54, 1.807) is 19.3 Å². The number of imidazole rings is 1.